The second kappa shape index (κ2) is 8.36. The van der Waals surface area contributed by atoms with E-state index in [0.29, 0.717) is 43.1 Å². The van der Waals surface area contributed by atoms with E-state index in [-0.39, 0.29) is 16.5 Å². The van der Waals surface area contributed by atoms with Crippen LogP contribution in [-0.4, -0.2) is 73.7 Å². The number of nitro groups is 1. The highest BCUT2D eigenvalue weighted by Crippen LogP contribution is 2.23. The fourth-order valence-electron chi connectivity index (χ4n) is 3.27. The van der Waals surface area contributed by atoms with Gasteiger partial charge >= 0.3 is 0 Å². The van der Waals surface area contributed by atoms with Crippen molar-refractivity contribution < 1.29 is 18.1 Å². The summed E-state index contributed by atoms with van der Waals surface area (Å²) in [7, 11) is -0.635. The Labute approximate surface area is 174 Å². The number of sulfonamides is 1. The number of carbonyl (C=O) groups excluding carboxylic acids is 1. The van der Waals surface area contributed by atoms with Crippen LogP contribution < -0.4 is 4.90 Å². The van der Waals surface area contributed by atoms with E-state index < -0.39 is 14.9 Å². The molecule has 1 aromatic heterocycles. The molecule has 2 aromatic rings. The van der Waals surface area contributed by atoms with Crippen LogP contribution in [0.4, 0.5) is 11.5 Å². The Morgan fingerprint density at radius 1 is 1.13 bits per heavy atom. The van der Waals surface area contributed by atoms with Crippen LogP contribution in [0.5, 0.6) is 0 Å². The quantitative estimate of drug-likeness (QED) is 0.518. The van der Waals surface area contributed by atoms with Gasteiger partial charge in [0.15, 0.2) is 0 Å². The Morgan fingerprint density at radius 2 is 1.73 bits per heavy atom. The van der Waals surface area contributed by atoms with Gasteiger partial charge in [-0.25, -0.2) is 17.7 Å². The van der Waals surface area contributed by atoms with E-state index in [1.54, 1.807) is 11.8 Å². The maximum Gasteiger partial charge on any atom is 0.287 e. The van der Waals surface area contributed by atoms with Gasteiger partial charge in [0, 0.05) is 51.9 Å². The molecule has 0 aliphatic carbocycles. The molecular weight excluding hydrogens is 410 g/mol. The average Bonchev–Trinajstić information content (AvgIpc) is 2.73. The lowest BCUT2D eigenvalue weighted by molar-refractivity contribution is -0.385. The third-order valence-electron chi connectivity index (χ3n) is 4.99. The molecule has 0 N–H and O–H groups in total. The van der Waals surface area contributed by atoms with Crippen LogP contribution in [0.15, 0.2) is 41.4 Å². The number of carbonyl (C=O) groups is 1. The Kier molecular flexibility index (Phi) is 6.04. The topological polar surface area (TPSA) is 117 Å². The van der Waals surface area contributed by atoms with Crippen molar-refractivity contribution in [2.45, 2.75) is 11.8 Å². The summed E-state index contributed by atoms with van der Waals surface area (Å²) in [4.78, 5) is 31.2. The molecule has 1 saturated heterocycles. The van der Waals surface area contributed by atoms with Gasteiger partial charge in [-0.3, -0.25) is 14.9 Å². The molecule has 0 bridgehead atoms. The Morgan fingerprint density at radius 3 is 2.23 bits per heavy atom. The van der Waals surface area contributed by atoms with E-state index in [2.05, 4.69) is 4.98 Å². The third kappa shape index (κ3) is 4.26. The number of benzene rings is 1. The van der Waals surface area contributed by atoms with Gasteiger partial charge in [0.1, 0.15) is 12.0 Å². The monoisotopic (exact) mass is 433 g/mol. The standard InChI is InChI=1S/C19H23N5O5S/c1-14-12-16(24(26)27)13-20-18(14)22-8-10-23(11-9-22)19(25)15-4-6-17(7-5-15)30(28,29)21(2)3/h4-7,12-13H,8-11H2,1-3H3. The second-order valence-electron chi connectivity index (χ2n) is 7.18. The average molecular weight is 433 g/mol. The lowest BCUT2D eigenvalue weighted by atomic mass is 10.1. The molecule has 1 amide bonds. The van der Waals surface area contributed by atoms with E-state index in [0.717, 1.165) is 4.31 Å². The van der Waals surface area contributed by atoms with Crippen LogP contribution in [0, 0.1) is 17.0 Å². The molecule has 0 saturated carbocycles. The Bertz CT molecular complexity index is 1060. The molecule has 160 valence electrons. The molecule has 11 heteroatoms. The van der Waals surface area contributed by atoms with Crippen molar-refractivity contribution in [1.82, 2.24) is 14.2 Å². The molecule has 0 unspecified atom stereocenters. The van der Waals surface area contributed by atoms with E-state index in [1.165, 1.54) is 50.6 Å². The molecule has 30 heavy (non-hydrogen) atoms. The number of pyridine rings is 1. The Balaban J connectivity index is 1.66. The van der Waals surface area contributed by atoms with Crippen LogP contribution in [0.3, 0.4) is 0 Å². The van der Waals surface area contributed by atoms with E-state index in [4.69, 9.17) is 0 Å². The molecular formula is C19H23N5O5S. The maximum absolute atomic E-state index is 12.8. The second-order valence-corrected chi connectivity index (χ2v) is 9.33. The van der Waals surface area contributed by atoms with Gasteiger partial charge in [-0.1, -0.05) is 0 Å². The number of hydrogen-bond donors (Lipinski definition) is 0. The zero-order valence-electron chi connectivity index (χ0n) is 17.0. The van der Waals surface area contributed by atoms with Gasteiger partial charge in [-0.2, -0.15) is 0 Å². The van der Waals surface area contributed by atoms with Crippen LogP contribution in [0.1, 0.15) is 15.9 Å². The number of nitrogens with zero attached hydrogens (tertiary/aromatic N) is 5. The predicted molar refractivity (Wildman–Crippen MR) is 111 cm³/mol. The minimum atomic E-state index is -3.54. The summed E-state index contributed by atoms with van der Waals surface area (Å²) in [5.41, 5.74) is 1.08. The van der Waals surface area contributed by atoms with Crippen LogP contribution in [0.25, 0.3) is 0 Å². The Hall–Kier alpha value is -3.05. The minimum Gasteiger partial charge on any atom is -0.353 e. The fraction of sp³-hybridized carbons (Fsp3) is 0.368. The first kappa shape index (κ1) is 21.7. The van der Waals surface area contributed by atoms with Gasteiger partial charge in [-0.05, 0) is 36.8 Å². The maximum atomic E-state index is 12.8. The summed E-state index contributed by atoms with van der Waals surface area (Å²) in [6.45, 7) is 3.80. The number of hydrogen-bond acceptors (Lipinski definition) is 7. The van der Waals surface area contributed by atoms with Crippen molar-refractivity contribution in [3.05, 3.63) is 57.8 Å². The molecule has 3 rings (SSSR count). The lowest BCUT2D eigenvalue weighted by Gasteiger charge is -2.36. The van der Waals surface area contributed by atoms with Crippen LogP contribution >= 0.6 is 0 Å². The summed E-state index contributed by atoms with van der Waals surface area (Å²) >= 11 is 0. The normalized spacial score (nSPS) is 14.8. The molecule has 1 aliphatic heterocycles. The first-order valence-corrected chi connectivity index (χ1v) is 10.7. The largest absolute Gasteiger partial charge is 0.353 e. The van der Waals surface area contributed by atoms with Crippen molar-refractivity contribution >= 4 is 27.4 Å². The first-order chi connectivity index (χ1) is 14.1. The van der Waals surface area contributed by atoms with Crippen LogP contribution in [0.2, 0.25) is 0 Å². The number of piperazine rings is 1. The van der Waals surface area contributed by atoms with Gasteiger partial charge in [0.2, 0.25) is 10.0 Å². The summed E-state index contributed by atoms with van der Waals surface area (Å²) < 4.78 is 25.4. The molecule has 0 atom stereocenters. The molecule has 1 fully saturated rings. The number of rotatable bonds is 5. The number of aryl methyl sites for hydroxylation is 1. The highest BCUT2D eigenvalue weighted by molar-refractivity contribution is 7.89. The van der Waals surface area contributed by atoms with Gasteiger partial charge in [-0.15, -0.1) is 0 Å². The molecule has 10 nitrogen and oxygen atoms in total. The van der Waals surface area contributed by atoms with Gasteiger partial charge < -0.3 is 9.80 Å². The summed E-state index contributed by atoms with van der Waals surface area (Å²) in [6, 6.07) is 7.40. The summed E-state index contributed by atoms with van der Waals surface area (Å²) in [6.07, 6.45) is 1.24. The highest BCUT2D eigenvalue weighted by Gasteiger charge is 2.25. The number of aromatic nitrogens is 1. The highest BCUT2D eigenvalue weighted by atomic mass is 32.2. The van der Waals surface area contributed by atoms with Crippen molar-refractivity contribution in [3.63, 3.8) is 0 Å². The van der Waals surface area contributed by atoms with E-state index >= 15 is 0 Å². The minimum absolute atomic E-state index is 0.0511. The summed E-state index contributed by atoms with van der Waals surface area (Å²) in [5.74, 6) is 0.503. The SMILES string of the molecule is Cc1cc([N+](=O)[O-])cnc1N1CCN(C(=O)c2ccc(S(=O)(=O)N(C)C)cc2)CC1. The molecule has 0 radical (unpaired) electrons. The van der Waals surface area contributed by atoms with Gasteiger partial charge in [0.25, 0.3) is 11.6 Å². The van der Waals surface area contributed by atoms with Crippen molar-refractivity contribution in [2.75, 3.05) is 45.2 Å². The fourth-order valence-corrected chi connectivity index (χ4v) is 4.17. The molecule has 1 aliphatic rings. The zero-order chi connectivity index (χ0) is 22.1. The first-order valence-electron chi connectivity index (χ1n) is 9.29. The smallest absolute Gasteiger partial charge is 0.287 e. The summed E-state index contributed by atoms with van der Waals surface area (Å²) in [5, 5.41) is 10.9. The number of anilines is 1. The van der Waals surface area contributed by atoms with Crippen molar-refractivity contribution in [2.24, 2.45) is 0 Å². The zero-order valence-corrected chi connectivity index (χ0v) is 17.8. The predicted octanol–water partition coefficient (Wildman–Crippen LogP) is 1.51. The van der Waals surface area contributed by atoms with Gasteiger partial charge in [0.05, 0.1) is 9.82 Å². The number of amides is 1. The van der Waals surface area contributed by atoms with Crippen molar-refractivity contribution in [1.29, 1.82) is 0 Å². The molecule has 1 aromatic carbocycles. The molecule has 2 heterocycles. The van der Waals surface area contributed by atoms with Crippen LogP contribution in [-0.2, 0) is 10.0 Å². The molecule has 0 spiro atoms. The third-order valence-corrected chi connectivity index (χ3v) is 6.82. The lowest BCUT2D eigenvalue weighted by Crippen LogP contribution is -2.49. The van der Waals surface area contributed by atoms with E-state index in [9.17, 15) is 23.3 Å². The van der Waals surface area contributed by atoms with E-state index in [1.807, 2.05) is 4.90 Å². The van der Waals surface area contributed by atoms with Crippen molar-refractivity contribution in [3.8, 4) is 0 Å².